The lowest BCUT2D eigenvalue weighted by Crippen LogP contribution is -2.19. The molecule has 2 aromatic carbocycles. The molecule has 1 aromatic heterocycles. The minimum atomic E-state index is -3.71. The summed E-state index contributed by atoms with van der Waals surface area (Å²) in [4.78, 5) is 25.2. The molecular weight excluding hydrogens is 460 g/mol. The third-order valence-electron chi connectivity index (χ3n) is 5.50. The average molecular weight is 485 g/mol. The van der Waals surface area contributed by atoms with Crippen LogP contribution in [0.25, 0.3) is 5.69 Å². The summed E-state index contributed by atoms with van der Waals surface area (Å²) in [6.07, 6.45) is 0. The largest absolute Gasteiger partial charge is 0.486 e. The molecule has 0 bridgehead atoms. The highest BCUT2D eigenvalue weighted by Crippen LogP contribution is 2.33. The molecule has 34 heavy (non-hydrogen) atoms. The maximum atomic E-state index is 12.9. The number of aryl methyl sites for hydroxylation is 1. The lowest BCUT2D eigenvalue weighted by atomic mass is 10.1. The Bertz CT molecular complexity index is 1380. The molecular formula is C24H24N2O7S. The molecule has 0 unspecified atom stereocenters. The predicted octanol–water partition coefficient (Wildman–Crippen LogP) is 2.81. The van der Waals surface area contributed by atoms with Crippen LogP contribution < -0.4 is 14.2 Å². The van der Waals surface area contributed by atoms with E-state index in [0.29, 0.717) is 36.0 Å². The lowest BCUT2D eigenvalue weighted by Gasteiger charge is -2.20. The van der Waals surface area contributed by atoms with Gasteiger partial charge >= 0.3 is 5.97 Å². The summed E-state index contributed by atoms with van der Waals surface area (Å²) in [7, 11) is -2.43. The Balaban J connectivity index is 1.51. The van der Waals surface area contributed by atoms with E-state index in [4.69, 9.17) is 14.2 Å². The quantitative estimate of drug-likeness (QED) is 0.405. The Morgan fingerprint density at radius 2 is 1.76 bits per heavy atom. The summed E-state index contributed by atoms with van der Waals surface area (Å²) in [6.45, 7) is 4.18. The summed E-state index contributed by atoms with van der Waals surface area (Å²) in [5, 5.41) is 0. The van der Waals surface area contributed by atoms with Gasteiger partial charge in [0, 0.05) is 28.7 Å². The van der Waals surface area contributed by atoms with E-state index in [1.165, 1.54) is 31.3 Å². The first-order valence-corrected chi connectivity index (χ1v) is 12.0. The van der Waals surface area contributed by atoms with E-state index >= 15 is 0 Å². The van der Waals surface area contributed by atoms with Crippen LogP contribution in [0.3, 0.4) is 0 Å². The number of carbonyl (C=O) groups excluding carboxylic acids is 2. The van der Waals surface area contributed by atoms with Crippen molar-refractivity contribution in [2.75, 3.05) is 26.9 Å². The van der Waals surface area contributed by atoms with Crippen LogP contribution in [0.15, 0.2) is 53.4 Å². The number of nitrogens with one attached hydrogen (secondary N) is 1. The molecule has 4 rings (SSSR count). The first kappa shape index (κ1) is 23.5. The Labute approximate surface area is 197 Å². The molecule has 178 valence electrons. The van der Waals surface area contributed by atoms with E-state index in [1.807, 2.05) is 36.6 Å². The first-order chi connectivity index (χ1) is 16.2. The fraction of sp³-hybridized carbons (Fsp3) is 0.250. The van der Waals surface area contributed by atoms with Crippen LogP contribution in [0.1, 0.15) is 32.1 Å². The van der Waals surface area contributed by atoms with Crippen molar-refractivity contribution in [3.05, 3.63) is 71.0 Å². The number of ether oxygens (including phenoxy) is 3. The molecule has 0 fully saturated rings. The van der Waals surface area contributed by atoms with Gasteiger partial charge in [-0.25, -0.2) is 17.9 Å². The van der Waals surface area contributed by atoms with E-state index in [0.717, 1.165) is 11.4 Å². The van der Waals surface area contributed by atoms with Crippen molar-refractivity contribution < 1.29 is 32.2 Å². The van der Waals surface area contributed by atoms with Crippen LogP contribution in [0, 0.1) is 13.8 Å². The number of Topliss-reactive ketones (excluding diaryl/α,β-unsaturated/α-hetero) is 1. The number of hydrogen-bond donors (Lipinski definition) is 1. The zero-order valence-electron chi connectivity index (χ0n) is 19.0. The maximum absolute atomic E-state index is 12.9. The summed E-state index contributed by atoms with van der Waals surface area (Å²) in [5.41, 5.74) is 2.79. The molecule has 0 amide bonds. The van der Waals surface area contributed by atoms with E-state index in [1.54, 1.807) is 6.07 Å². The van der Waals surface area contributed by atoms with Gasteiger partial charge in [-0.3, -0.25) is 4.79 Å². The molecule has 1 N–H and O–H groups in total. The number of carbonyl (C=O) groups is 2. The van der Waals surface area contributed by atoms with Crippen molar-refractivity contribution in [2.24, 2.45) is 0 Å². The van der Waals surface area contributed by atoms with Gasteiger partial charge in [-0.15, -0.1) is 0 Å². The molecule has 0 saturated heterocycles. The summed E-state index contributed by atoms with van der Waals surface area (Å²) in [6, 6.07) is 12.7. The van der Waals surface area contributed by atoms with Crippen molar-refractivity contribution in [3.8, 4) is 17.2 Å². The smallest absolute Gasteiger partial charge is 0.338 e. The number of sulfonamides is 1. The molecule has 2 heterocycles. The van der Waals surface area contributed by atoms with Crippen LogP contribution in [-0.2, 0) is 14.8 Å². The van der Waals surface area contributed by atoms with Gasteiger partial charge in [0.15, 0.2) is 18.1 Å². The predicted molar refractivity (Wildman–Crippen MR) is 124 cm³/mol. The highest BCUT2D eigenvalue weighted by Gasteiger charge is 2.21. The van der Waals surface area contributed by atoms with E-state index < -0.39 is 22.6 Å². The Hall–Kier alpha value is -3.63. The Morgan fingerprint density at radius 1 is 1.03 bits per heavy atom. The number of aromatic nitrogens is 1. The van der Waals surface area contributed by atoms with Gasteiger partial charge in [-0.05, 0) is 57.3 Å². The number of rotatable bonds is 7. The molecule has 0 radical (unpaired) electrons. The van der Waals surface area contributed by atoms with Crippen molar-refractivity contribution in [1.29, 1.82) is 0 Å². The standard InChI is InChI=1S/C24H24N2O7S/c1-15-11-20(16(2)26(15)18-7-8-22-23(13-18)32-10-9-31-22)21(27)14-33-24(28)17-5-4-6-19(12-17)34(29,30)25-3/h4-8,11-13,25H,9-10,14H2,1-3H3. The van der Waals surface area contributed by atoms with E-state index in [-0.39, 0.29) is 16.2 Å². The second kappa shape index (κ2) is 9.32. The minimum absolute atomic E-state index is 0.0332. The zero-order valence-corrected chi connectivity index (χ0v) is 19.8. The SMILES string of the molecule is CNS(=O)(=O)c1cccc(C(=O)OCC(=O)c2cc(C)n(-c3ccc4c(c3)OCCO4)c2C)c1. The van der Waals surface area contributed by atoms with Gasteiger partial charge in [0.2, 0.25) is 15.8 Å². The zero-order chi connectivity index (χ0) is 24.5. The minimum Gasteiger partial charge on any atom is -0.486 e. The molecule has 10 heteroatoms. The molecule has 1 aliphatic rings. The number of benzene rings is 2. The second-order valence-corrected chi connectivity index (χ2v) is 9.57. The number of nitrogens with zero attached hydrogens (tertiary/aromatic N) is 1. The fourth-order valence-electron chi connectivity index (χ4n) is 3.81. The van der Waals surface area contributed by atoms with Crippen molar-refractivity contribution in [1.82, 2.24) is 9.29 Å². The van der Waals surface area contributed by atoms with Gasteiger partial charge < -0.3 is 18.8 Å². The molecule has 3 aromatic rings. The van der Waals surface area contributed by atoms with Gasteiger partial charge in [0.25, 0.3) is 0 Å². The van der Waals surface area contributed by atoms with Gasteiger partial charge in [-0.2, -0.15) is 0 Å². The van der Waals surface area contributed by atoms with Crippen LogP contribution in [0.2, 0.25) is 0 Å². The van der Waals surface area contributed by atoms with Crippen LogP contribution >= 0.6 is 0 Å². The van der Waals surface area contributed by atoms with Crippen LogP contribution in [0.4, 0.5) is 0 Å². The van der Waals surface area contributed by atoms with Crippen LogP contribution in [-0.4, -0.2) is 51.6 Å². The number of fused-ring (bicyclic) bond motifs is 1. The molecule has 0 atom stereocenters. The maximum Gasteiger partial charge on any atom is 0.338 e. The van der Waals surface area contributed by atoms with Crippen molar-refractivity contribution >= 4 is 21.8 Å². The summed E-state index contributed by atoms with van der Waals surface area (Å²) in [5.74, 6) is 0.152. The second-order valence-electron chi connectivity index (χ2n) is 7.68. The highest BCUT2D eigenvalue weighted by molar-refractivity contribution is 7.89. The highest BCUT2D eigenvalue weighted by atomic mass is 32.2. The van der Waals surface area contributed by atoms with Gasteiger partial charge in [0.1, 0.15) is 13.2 Å². The van der Waals surface area contributed by atoms with Gasteiger partial charge in [0.05, 0.1) is 10.5 Å². The fourth-order valence-corrected chi connectivity index (χ4v) is 4.59. The first-order valence-electron chi connectivity index (χ1n) is 10.5. The third-order valence-corrected chi connectivity index (χ3v) is 6.91. The molecule has 9 nitrogen and oxygen atoms in total. The summed E-state index contributed by atoms with van der Waals surface area (Å²) < 4.78 is 44.4. The Morgan fingerprint density at radius 3 is 2.50 bits per heavy atom. The topological polar surface area (TPSA) is 113 Å². The molecule has 0 spiro atoms. The Kier molecular flexibility index (Phi) is 6.45. The van der Waals surface area contributed by atoms with Crippen molar-refractivity contribution in [3.63, 3.8) is 0 Å². The molecule has 0 aliphatic carbocycles. The number of ketones is 1. The summed E-state index contributed by atoms with van der Waals surface area (Å²) >= 11 is 0. The van der Waals surface area contributed by atoms with Crippen LogP contribution in [0.5, 0.6) is 11.5 Å². The van der Waals surface area contributed by atoms with Crippen molar-refractivity contribution in [2.45, 2.75) is 18.7 Å². The number of hydrogen-bond acceptors (Lipinski definition) is 7. The monoisotopic (exact) mass is 484 g/mol. The van der Waals surface area contributed by atoms with E-state index in [9.17, 15) is 18.0 Å². The third kappa shape index (κ3) is 4.55. The lowest BCUT2D eigenvalue weighted by molar-refractivity contribution is 0.0474. The normalized spacial score (nSPS) is 12.9. The van der Waals surface area contributed by atoms with E-state index in [2.05, 4.69) is 4.72 Å². The average Bonchev–Trinajstić information content (AvgIpc) is 3.15. The number of esters is 1. The molecule has 0 saturated carbocycles. The van der Waals surface area contributed by atoms with Gasteiger partial charge in [-0.1, -0.05) is 6.07 Å². The molecule has 1 aliphatic heterocycles.